The van der Waals surface area contributed by atoms with Crippen molar-refractivity contribution in [3.05, 3.63) is 89.1 Å². The monoisotopic (exact) mass is 498 g/mol. The number of imidazole rings is 1. The van der Waals surface area contributed by atoms with Crippen molar-refractivity contribution in [1.82, 2.24) is 29.4 Å². The Morgan fingerprint density at radius 1 is 1.08 bits per heavy atom. The Morgan fingerprint density at radius 2 is 1.84 bits per heavy atom. The van der Waals surface area contributed by atoms with Crippen LogP contribution in [0.5, 0.6) is 0 Å². The lowest BCUT2D eigenvalue weighted by Gasteiger charge is -2.32. The van der Waals surface area contributed by atoms with Gasteiger partial charge in [-0.05, 0) is 67.0 Å². The molecule has 1 aromatic carbocycles. The molecular weight excluding hydrogens is 464 g/mol. The van der Waals surface area contributed by atoms with Gasteiger partial charge in [0.1, 0.15) is 5.65 Å². The maximum absolute atomic E-state index is 13.3. The van der Waals surface area contributed by atoms with Gasteiger partial charge < -0.3 is 14.6 Å². The topological polar surface area (TPSA) is 84.5 Å². The molecule has 4 heterocycles. The van der Waals surface area contributed by atoms with Crippen molar-refractivity contribution in [2.75, 3.05) is 13.1 Å². The minimum Gasteiger partial charge on any atom is -0.348 e. The number of fused-ring (bicyclic) bond motifs is 1. The predicted octanol–water partition coefficient (Wildman–Crippen LogP) is 4.62. The molecule has 1 N–H and O–H groups in total. The first-order valence-electron chi connectivity index (χ1n) is 13.1. The largest absolute Gasteiger partial charge is 0.348 e. The first kappa shape index (κ1) is 24.7. The number of nitrogens with one attached hydrogen (secondary N) is 1. The number of piperidine rings is 1. The zero-order valence-electron chi connectivity index (χ0n) is 21.7. The number of carbonyl (C=O) groups is 2. The number of amides is 2. The minimum atomic E-state index is -0.0937. The molecule has 37 heavy (non-hydrogen) atoms. The molecule has 0 bridgehead atoms. The second-order valence-electron chi connectivity index (χ2n) is 10.0. The van der Waals surface area contributed by atoms with Gasteiger partial charge in [-0.15, -0.1) is 0 Å². The second kappa shape index (κ2) is 10.6. The fourth-order valence-corrected chi connectivity index (χ4v) is 5.03. The molecule has 2 amide bonds. The average Bonchev–Trinajstić information content (AvgIpc) is 3.58. The highest BCUT2D eigenvalue weighted by Crippen LogP contribution is 2.30. The van der Waals surface area contributed by atoms with E-state index in [4.69, 9.17) is 0 Å². The standard InChI is InChI=1S/C29H34N6O2/c1-4-35-19-25(27(32-35)20(2)3)29(37)34-14-10-23(11-15-34)22-5-7-24(8-6-22)28(36)31-18-21-9-13-33-16-12-30-26(33)17-21/h5-9,12-13,16-17,19-20,23H,4,10-11,14-15,18H2,1-3H3,(H,31,36). The molecule has 1 fully saturated rings. The molecule has 4 aromatic rings. The van der Waals surface area contributed by atoms with E-state index in [-0.39, 0.29) is 17.7 Å². The number of rotatable bonds is 7. The van der Waals surface area contributed by atoms with Gasteiger partial charge in [-0.1, -0.05) is 26.0 Å². The molecule has 0 aliphatic carbocycles. The van der Waals surface area contributed by atoms with E-state index in [0.29, 0.717) is 18.0 Å². The number of aromatic nitrogens is 4. The summed E-state index contributed by atoms with van der Waals surface area (Å²) in [7, 11) is 0. The van der Waals surface area contributed by atoms with Gasteiger partial charge >= 0.3 is 0 Å². The fourth-order valence-electron chi connectivity index (χ4n) is 5.03. The highest BCUT2D eigenvalue weighted by molar-refractivity contribution is 5.95. The van der Waals surface area contributed by atoms with Gasteiger partial charge in [-0.3, -0.25) is 14.3 Å². The van der Waals surface area contributed by atoms with Gasteiger partial charge in [0.25, 0.3) is 11.8 Å². The number of pyridine rings is 1. The maximum Gasteiger partial charge on any atom is 0.257 e. The van der Waals surface area contributed by atoms with Crippen LogP contribution in [0.3, 0.4) is 0 Å². The van der Waals surface area contributed by atoms with Crippen molar-refractivity contribution < 1.29 is 9.59 Å². The lowest BCUT2D eigenvalue weighted by molar-refractivity contribution is 0.0711. The Morgan fingerprint density at radius 3 is 2.54 bits per heavy atom. The van der Waals surface area contributed by atoms with Gasteiger partial charge in [0.2, 0.25) is 0 Å². The molecule has 1 saturated heterocycles. The van der Waals surface area contributed by atoms with Crippen LogP contribution in [-0.2, 0) is 13.1 Å². The molecule has 8 heteroatoms. The Bertz CT molecular complexity index is 1390. The van der Waals surface area contributed by atoms with Crippen LogP contribution in [0.15, 0.2) is 61.2 Å². The van der Waals surface area contributed by atoms with Gasteiger partial charge in [0, 0.05) is 56.5 Å². The number of carbonyl (C=O) groups excluding carboxylic acids is 2. The van der Waals surface area contributed by atoms with Crippen LogP contribution >= 0.6 is 0 Å². The molecule has 0 atom stereocenters. The molecule has 192 valence electrons. The van der Waals surface area contributed by atoms with E-state index in [2.05, 4.69) is 41.4 Å². The normalized spacial score (nSPS) is 14.4. The van der Waals surface area contributed by atoms with E-state index in [9.17, 15) is 9.59 Å². The van der Waals surface area contributed by atoms with E-state index in [1.54, 1.807) is 6.20 Å². The van der Waals surface area contributed by atoms with Gasteiger partial charge in [0.15, 0.2) is 0 Å². The van der Waals surface area contributed by atoms with Crippen molar-refractivity contribution in [3.63, 3.8) is 0 Å². The zero-order chi connectivity index (χ0) is 25.9. The molecule has 0 unspecified atom stereocenters. The molecule has 8 nitrogen and oxygen atoms in total. The number of hydrogen-bond donors (Lipinski definition) is 1. The summed E-state index contributed by atoms with van der Waals surface area (Å²) in [6, 6.07) is 11.8. The van der Waals surface area contributed by atoms with Crippen LogP contribution in [0.2, 0.25) is 0 Å². The fraction of sp³-hybridized carbons (Fsp3) is 0.379. The zero-order valence-corrected chi connectivity index (χ0v) is 21.7. The van der Waals surface area contributed by atoms with E-state index in [0.717, 1.165) is 54.9 Å². The van der Waals surface area contributed by atoms with E-state index in [1.807, 2.05) is 63.8 Å². The molecule has 5 rings (SSSR count). The highest BCUT2D eigenvalue weighted by Gasteiger charge is 2.28. The highest BCUT2D eigenvalue weighted by atomic mass is 16.2. The molecule has 0 radical (unpaired) electrons. The predicted molar refractivity (Wildman–Crippen MR) is 143 cm³/mol. The molecule has 0 saturated carbocycles. The van der Waals surface area contributed by atoms with Crippen molar-refractivity contribution in [1.29, 1.82) is 0 Å². The number of benzene rings is 1. The number of nitrogens with zero attached hydrogens (tertiary/aromatic N) is 5. The third-order valence-electron chi connectivity index (χ3n) is 7.23. The first-order valence-corrected chi connectivity index (χ1v) is 13.1. The van der Waals surface area contributed by atoms with Gasteiger partial charge in [-0.2, -0.15) is 5.10 Å². The smallest absolute Gasteiger partial charge is 0.257 e. The van der Waals surface area contributed by atoms with Crippen LogP contribution in [0.4, 0.5) is 0 Å². The van der Waals surface area contributed by atoms with Crippen LogP contribution in [0, 0.1) is 0 Å². The quantitative estimate of drug-likeness (QED) is 0.403. The SMILES string of the molecule is CCn1cc(C(=O)N2CCC(c3ccc(C(=O)NCc4ccn5ccnc5c4)cc3)CC2)c(C(C)C)n1. The Labute approximate surface area is 217 Å². The molecular formula is C29H34N6O2. The summed E-state index contributed by atoms with van der Waals surface area (Å²) >= 11 is 0. The van der Waals surface area contributed by atoms with Crippen molar-refractivity contribution in [2.45, 2.75) is 58.5 Å². The second-order valence-corrected chi connectivity index (χ2v) is 10.0. The summed E-state index contributed by atoms with van der Waals surface area (Å²) in [4.78, 5) is 32.2. The van der Waals surface area contributed by atoms with Crippen LogP contribution in [0.25, 0.3) is 5.65 Å². The van der Waals surface area contributed by atoms with Crippen molar-refractivity contribution in [2.24, 2.45) is 0 Å². The van der Waals surface area contributed by atoms with Crippen LogP contribution in [-0.4, -0.2) is 49.0 Å². The Hall–Kier alpha value is -3.94. The van der Waals surface area contributed by atoms with Crippen molar-refractivity contribution >= 4 is 17.5 Å². The molecule has 1 aliphatic rings. The van der Waals surface area contributed by atoms with E-state index < -0.39 is 0 Å². The summed E-state index contributed by atoms with van der Waals surface area (Å²) in [6.07, 6.45) is 9.30. The van der Waals surface area contributed by atoms with E-state index in [1.165, 1.54) is 5.56 Å². The lowest BCUT2D eigenvalue weighted by atomic mass is 9.88. The lowest BCUT2D eigenvalue weighted by Crippen LogP contribution is -2.38. The minimum absolute atomic E-state index is 0.0840. The number of aryl methyl sites for hydroxylation is 1. The number of likely N-dealkylation sites (tertiary alicyclic amines) is 1. The average molecular weight is 499 g/mol. The third-order valence-corrected chi connectivity index (χ3v) is 7.23. The summed E-state index contributed by atoms with van der Waals surface area (Å²) in [5.74, 6) is 0.579. The Kier molecular flexibility index (Phi) is 7.08. The molecule has 3 aromatic heterocycles. The summed E-state index contributed by atoms with van der Waals surface area (Å²) in [5, 5.41) is 7.60. The summed E-state index contributed by atoms with van der Waals surface area (Å²) in [6.45, 7) is 8.84. The first-order chi connectivity index (χ1) is 17.9. The third kappa shape index (κ3) is 5.28. The number of hydrogen-bond acceptors (Lipinski definition) is 4. The Balaban J connectivity index is 1.16. The van der Waals surface area contributed by atoms with Crippen LogP contribution < -0.4 is 5.32 Å². The van der Waals surface area contributed by atoms with Gasteiger partial charge in [-0.25, -0.2) is 4.98 Å². The van der Waals surface area contributed by atoms with Crippen molar-refractivity contribution in [3.8, 4) is 0 Å². The van der Waals surface area contributed by atoms with Gasteiger partial charge in [0.05, 0.1) is 11.3 Å². The van der Waals surface area contributed by atoms with Crippen LogP contribution in [0.1, 0.15) is 83.0 Å². The maximum atomic E-state index is 13.3. The van der Waals surface area contributed by atoms with E-state index >= 15 is 0 Å². The molecule has 0 spiro atoms. The summed E-state index contributed by atoms with van der Waals surface area (Å²) < 4.78 is 3.79. The molecule has 1 aliphatic heterocycles. The summed E-state index contributed by atoms with van der Waals surface area (Å²) in [5.41, 5.74) is 5.34.